The second-order valence-corrected chi connectivity index (χ2v) is 9.58. The molecule has 10 nitrogen and oxygen atoms in total. The zero-order valence-electron chi connectivity index (χ0n) is 18.6. The van der Waals surface area contributed by atoms with Crippen LogP contribution in [0.3, 0.4) is 0 Å². The first-order valence-electron chi connectivity index (χ1n) is 11.5. The summed E-state index contributed by atoms with van der Waals surface area (Å²) < 4.78 is 5.03. The number of anilines is 1. The van der Waals surface area contributed by atoms with E-state index in [0.717, 1.165) is 36.4 Å². The highest BCUT2D eigenvalue weighted by molar-refractivity contribution is 7.15. The van der Waals surface area contributed by atoms with Gasteiger partial charge in [-0.2, -0.15) is 0 Å². The molecule has 0 atom stereocenters. The predicted molar refractivity (Wildman–Crippen MR) is 121 cm³/mol. The average Bonchev–Trinajstić information content (AvgIpc) is 3.42. The molecule has 0 spiro atoms. The van der Waals surface area contributed by atoms with Gasteiger partial charge in [-0.25, -0.2) is 14.6 Å². The molecule has 2 aliphatic heterocycles. The van der Waals surface area contributed by atoms with Gasteiger partial charge in [0.25, 0.3) is 0 Å². The number of hydrogen-bond donors (Lipinski definition) is 2. The molecule has 11 heteroatoms. The number of ether oxygens (including phenoxy) is 1. The molecule has 1 aromatic rings. The predicted octanol–water partition coefficient (Wildman–Crippen LogP) is 1.87. The largest absolute Gasteiger partial charge is 0.450 e. The van der Waals surface area contributed by atoms with Crippen LogP contribution in [0.25, 0.3) is 0 Å². The van der Waals surface area contributed by atoms with Gasteiger partial charge in [0.1, 0.15) is 0 Å². The number of urea groups is 1. The second kappa shape index (κ2) is 10.5. The minimum Gasteiger partial charge on any atom is -0.450 e. The van der Waals surface area contributed by atoms with Crippen LogP contribution in [0.1, 0.15) is 43.2 Å². The first-order chi connectivity index (χ1) is 15.5. The molecule has 4 rings (SSSR count). The third-order valence-corrected chi connectivity index (χ3v) is 7.24. The molecule has 0 aromatic carbocycles. The lowest BCUT2D eigenvalue weighted by Crippen LogP contribution is -2.53. The van der Waals surface area contributed by atoms with Crippen molar-refractivity contribution in [3.8, 4) is 0 Å². The molecule has 1 aliphatic carbocycles. The van der Waals surface area contributed by atoms with Crippen LogP contribution in [0, 0.1) is 0 Å². The van der Waals surface area contributed by atoms with Crippen molar-refractivity contribution in [3.05, 3.63) is 10.6 Å². The maximum Gasteiger partial charge on any atom is 0.409 e. The van der Waals surface area contributed by atoms with E-state index in [1.165, 1.54) is 24.2 Å². The van der Waals surface area contributed by atoms with Gasteiger partial charge in [-0.1, -0.05) is 12.8 Å². The van der Waals surface area contributed by atoms with Crippen LogP contribution in [-0.2, 0) is 22.5 Å². The first kappa shape index (κ1) is 22.8. The second-order valence-electron chi connectivity index (χ2n) is 8.50. The van der Waals surface area contributed by atoms with E-state index in [-0.39, 0.29) is 24.1 Å². The van der Waals surface area contributed by atoms with Crippen molar-refractivity contribution in [3.63, 3.8) is 0 Å². The van der Waals surface area contributed by atoms with Gasteiger partial charge >= 0.3 is 12.1 Å². The van der Waals surface area contributed by atoms with E-state index in [9.17, 15) is 14.4 Å². The zero-order chi connectivity index (χ0) is 22.5. The SMILES string of the molecule is CCOC(=O)N1CCN(C(=O)CN2CCc3nc(NC(=O)NC4CCCC4)sc3C2)CC1. The van der Waals surface area contributed by atoms with E-state index in [0.29, 0.717) is 51.0 Å². The molecule has 1 aromatic heterocycles. The molecule has 3 heterocycles. The fraction of sp³-hybridized carbons (Fsp3) is 0.714. The number of nitrogens with zero attached hydrogens (tertiary/aromatic N) is 4. The maximum absolute atomic E-state index is 12.8. The summed E-state index contributed by atoms with van der Waals surface area (Å²) in [5.74, 6) is 0.0794. The van der Waals surface area contributed by atoms with Gasteiger partial charge in [0.05, 0.1) is 18.8 Å². The lowest BCUT2D eigenvalue weighted by atomic mass is 10.2. The number of carbonyl (C=O) groups is 3. The number of nitrogens with one attached hydrogen (secondary N) is 2. The summed E-state index contributed by atoms with van der Waals surface area (Å²) in [5, 5.41) is 6.52. The van der Waals surface area contributed by atoms with E-state index >= 15 is 0 Å². The average molecular weight is 465 g/mol. The van der Waals surface area contributed by atoms with Gasteiger partial charge in [-0.15, -0.1) is 11.3 Å². The van der Waals surface area contributed by atoms with Crippen molar-refractivity contribution in [1.29, 1.82) is 0 Å². The molecule has 0 bridgehead atoms. The highest BCUT2D eigenvalue weighted by Crippen LogP contribution is 2.28. The van der Waals surface area contributed by atoms with Crippen molar-refractivity contribution in [2.45, 2.75) is 51.6 Å². The van der Waals surface area contributed by atoms with E-state index < -0.39 is 0 Å². The number of rotatable bonds is 5. The Hall–Kier alpha value is -2.40. The Bertz CT molecular complexity index is 832. The summed E-state index contributed by atoms with van der Waals surface area (Å²) in [5.41, 5.74) is 1.01. The molecule has 4 amide bonds. The fourth-order valence-electron chi connectivity index (χ4n) is 4.47. The van der Waals surface area contributed by atoms with Gasteiger partial charge in [-0.3, -0.25) is 15.0 Å². The Morgan fingerprint density at radius 2 is 1.81 bits per heavy atom. The lowest BCUT2D eigenvalue weighted by molar-refractivity contribution is -0.134. The number of carbonyl (C=O) groups excluding carboxylic acids is 3. The third-order valence-electron chi connectivity index (χ3n) is 6.24. The lowest BCUT2D eigenvalue weighted by Gasteiger charge is -2.35. The fourth-order valence-corrected chi connectivity index (χ4v) is 5.52. The molecule has 3 aliphatic rings. The highest BCUT2D eigenvalue weighted by Gasteiger charge is 2.28. The summed E-state index contributed by atoms with van der Waals surface area (Å²) in [6, 6.07) is 0.0854. The van der Waals surface area contributed by atoms with Gasteiger partial charge in [0.2, 0.25) is 5.91 Å². The number of thiazole rings is 1. The van der Waals surface area contributed by atoms with Gasteiger partial charge in [-0.05, 0) is 19.8 Å². The number of piperazine rings is 1. The minimum absolute atomic E-state index is 0.0794. The number of hydrogen-bond acceptors (Lipinski definition) is 7. The summed E-state index contributed by atoms with van der Waals surface area (Å²) in [6.45, 7) is 5.98. The van der Waals surface area contributed by atoms with Crippen molar-refractivity contribution < 1.29 is 19.1 Å². The van der Waals surface area contributed by atoms with Gasteiger partial charge in [0, 0.05) is 56.6 Å². The van der Waals surface area contributed by atoms with E-state index in [1.54, 1.807) is 11.8 Å². The smallest absolute Gasteiger partial charge is 0.409 e. The molecular formula is C21H32N6O4S. The standard InChI is InChI=1S/C21H32N6O4S/c1-2-31-21(30)27-11-9-26(10-12-27)18(28)14-25-8-7-16-17(13-25)32-20(23-16)24-19(29)22-15-5-3-4-6-15/h15H,2-14H2,1H3,(H2,22,23,24,29). The van der Waals surface area contributed by atoms with E-state index in [1.807, 2.05) is 4.90 Å². The Labute approximate surface area is 192 Å². The molecular weight excluding hydrogens is 432 g/mol. The van der Waals surface area contributed by atoms with Crippen LogP contribution >= 0.6 is 11.3 Å². The normalized spacial score (nSPS) is 19.5. The molecule has 32 heavy (non-hydrogen) atoms. The number of aromatic nitrogens is 1. The number of amides is 4. The third kappa shape index (κ3) is 5.69. The van der Waals surface area contributed by atoms with Crippen LogP contribution < -0.4 is 10.6 Å². The highest BCUT2D eigenvalue weighted by atomic mass is 32.1. The van der Waals surface area contributed by atoms with Crippen LogP contribution in [-0.4, -0.2) is 89.6 Å². The van der Waals surface area contributed by atoms with Crippen LogP contribution in [0.5, 0.6) is 0 Å². The summed E-state index contributed by atoms with van der Waals surface area (Å²) in [4.78, 5) is 48.1. The van der Waals surface area contributed by atoms with Crippen LogP contribution in [0.2, 0.25) is 0 Å². The minimum atomic E-state index is -0.310. The summed E-state index contributed by atoms with van der Waals surface area (Å²) >= 11 is 1.49. The summed E-state index contributed by atoms with van der Waals surface area (Å²) in [6.07, 6.45) is 4.89. The Balaban J connectivity index is 1.23. The van der Waals surface area contributed by atoms with Crippen molar-refractivity contribution in [2.24, 2.45) is 0 Å². The van der Waals surface area contributed by atoms with E-state index in [4.69, 9.17) is 4.74 Å². The molecule has 1 saturated heterocycles. The van der Waals surface area contributed by atoms with Gasteiger partial charge in [0.15, 0.2) is 5.13 Å². The Morgan fingerprint density at radius 3 is 2.53 bits per heavy atom. The Morgan fingerprint density at radius 1 is 1.09 bits per heavy atom. The van der Waals surface area contributed by atoms with Crippen molar-refractivity contribution in [2.75, 3.05) is 51.2 Å². The molecule has 1 saturated carbocycles. The first-order valence-corrected chi connectivity index (χ1v) is 12.3. The monoisotopic (exact) mass is 464 g/mol. The number of fused-ring (bicyclic) bond motifs is 1. The quantitative estimate of drug-likeness (QED) is 0.689. The molecule has 2 N–H and O–H groups in total. The van der Waals surface area contributed by atoms with Gasteiger partial charge < -0.3 is 19.9 Å². The molecule has 0 unspecified atom stereocenters. The van der Waals surface area contributed by atoms with Crippen molar-refractivity contribution >= 4 is 34.5 Å². The maximum atomic E-state index is 12.8. The molecule has 0 radical (unpaired) electrons. The summed E-state index contributed by atoms with van der Waals surface area (Å²) in [7, 11) is 0. The molecule has 2 fully saturated rings. The Kier molecular flexibility index (Phi) is 7.46. The topological polar surface area (TPSA) is 107 Å². The zero-order valence-corrected chi connectivity index (χ0v) is 19.4. The van der Waals surface area contributed by atoms with Crippen LogP contribution in [0.4, 0.5) is 14.7 Å². The van der Waals surface area contributed by atoms with Crippen molar-refractivity contribution in [1.82, 2.24) is 25.0 Å². The van der Waals surface area contributed by atoms with E-state index in [2.05, 4.69) is 20.5 Å². The molecule has 176 valence electrons. The van der Waals surface area contributed by atoms with Crippen LogP contribution in [0.15, 0.2) is 0 Å².